The van der Waals surface area contributed by atoms with Gasteiger partial charge in [-0.2, -0.15) is 0 Å². The van der Waals surface area contributed by atoms with Crippen molar-refractivity contribution < 1.29 is 28.1 Å². The summed E-state index contributed by atoms with van der Waals surface area (Å²) in [6, 6.07) is 9.03. The third kappa shape index (κ3) is 6.48. The summed E-state index contributed by atoms with van der Waals surface area (Å²) >= 11 is 0. The number of nitrogens with zero attached hydrogens (tertiary/aromatic N) is 2. The van der Waals surface area contributed by atoms with Crippen molar-refractivity contribution in [3.63, 3.8) is 0 Å². The molecule has 0 unspecified atom stereocenters. The van der Waals surface area contributed by atoms with Gasteiger partial charge in [-0.15, -0.1) is 0 Å². The van der Waals surface area contributed by atoms with E-state index in [4.69, 9.17) is 13.6 Å². The molecular weight excluding hydrogens is 593 g/mol. The highest BCUT2D eigenvalue weighted by molar-refractivity contribution is 6.74. The van der Waals surface area contributed by atoms with E-state index in [0.29, 0.717) is 17.9 Å². The maximum absolute atomic E-state index is 13.9. The largest absolute Gasteiger partial charge is 0.456 e. The lowest BCUT2D eigenvalue weighted by atomic mass is 9.69. The zero-order valence-electron chi connectivity index (χ0n) is 28.1. The Morgan fingerprint density at radius 3 is 2.25 bits per heavy atom. The normalized spacial score (nSPS) is 24.5. The maximum atomic E-state index is 13.9. The second-order valence-electron chi connectivity index (χ2n) is 14.4. The molecule has 0 N–H and O–H groups in total. The number of fused-ring (bicyclic) bond motifs is 3. The molecule has 9 nitrogen and oxygen atoms in total. The van der Waals surface area contributed by atoms with Crippen molar-refractivity contribution in [2.24, 2.45) is 17.8 Å². The third-order valence-electron chi connectivity index (χ3n) is 11.0. The topological polar surface area (TPSA) is 108 Å². The van der Waals surface area contributed by atoms with Crippen LogP contribution in [0.4, 0.5) is 5.69 Å². The highest BCUT2D eigenvalue weighted by atomic mass is 28.4. The molecule has 11 heteroatoms. The molecule has 1 amide bonds. The number of nitro groups is 1. The average molecular weight is 645 g/mol. The maximum Gasteiger partial charge on any atom is 0.355 e. The summed E-state index contributed by atoms with van der Waals surface area (Å²) in [5, 5.41) is 11.1. The number of amides is 1. The lowest BCUT2D eigenvalue weighted by Gasteiger charge is -2.51. The van der Waals surface area contributed by atoms with Gasteiger partial charge >= 0.3 is 5.97 Å². The molecule has 244 valence electrons. The Balaban J connectivity index is 1.63. The van der Waals surface area contributed by atoms with Gasteiger partial charge < -0.3 is 18.5 Å². The van der Waals surface area contributed by atoms with Crippen LogP contribution < -0.4 is 0 Å². The number of esters is 1. The lowest BCUT2D eigenvalue weighted by Crippen LogP contribution is -2.65. The molecule has 44 heavy (non-hydrogen) atoms. The van der Waals surface area contributed by atoms with Crippen molar-refractivity contribution in [1.82, 2.24) is 4.90 Å². The molecular formula is C33H52N2O7Si2. The van der Waals surface area contributed by atoms with E-state index in [1.165, 1.54) is 12.1 Å². The molecule has 2 heterocycles. The van der Waals surface area contributed by atoms with Gasteiger partial charge in [-0.3, -0.25) is 14.9 Å². The number of hydrogen-bond donors (Lipinski definition) is 0. The average Bonchev–Trinajstić information content (AvgIpc) is 3.27. The molecule has 1 aromatic carbocycles. The van der Waals surface area contributed by atoms with Crippen LogP contribution in [0, 0.1) is 27.9 Å². The number of carbonyl (C=O) groups is 2. The summed E-state index contributed by atoms with van der Waals surface area (Å²) in [7, 11) is -3.98. The number of nitro benzene ring substituents is 1. The summed E-state index contributed by atoms with van der Waals surface area (Å²) in [5.41, 5.74) is 2.05. The molecule has 1 saturated heterocycles. The standard InChI is InChI=1S/C33H52N2O7Si2/c1-10-44(11-2,12-3)41-21-24-14-13-15-26-28(24)30(32(37)40-20-23-16-18-25(19-17-23)35(38)39)34-29(26)27(31(34)36)22(4)42-43(8,9)33(5,6)7/h16-19,22,24,26-27,29H,10-15,20-21H2,1-9H3/t22-,24-,26+,27-,29-/m1/s1. The van der Waals surface area contributed by atoms with Gasteiger partial charge in [0.2, 0.25) is 5.91 Å². The fraction of sp³-hybridized carbons (Fsp3) is 0.697. The summed E-state index contributed by atoms with van der Waals surface area (Å²) < 4.78 is 19.4. The highest BCUT2D eigenvalue weighted by Gasteiger charge is 2.63. The second-order valence-corrected chi connectivity index (χ2v) is 23.9. The van der Waals surface area contributed by atoms with Gasteiger partial charge in [-0.1, -0.05) is 48.0 Å². The Morgan fingerprint density at radius 2 is 1.70 bits per heavy atom. The SMILES string of the molecule is CC[Si](CC)(CC)OC[C@H]1CCC[C@H]2C1=C(C(=O)OCc1ccc([N+](=O)[O-])cc1)N1C(=O)[C@H]([C@@H](C)O[Si](C)(C)C(C)(C)C)[C@@H]21. The Hall–Kier alpha value is -2.35. The van der Waals surface area contributed by atoms with Crippen LogP contribution in [-0.4, -0.2) is 57.1 Å². The first-order chi connectivity index (χ1) is 20.6. The zero-order valence-corrected chi connectivity index (χ0v) is 30.1. The minimum absolute atomic E-state index is 0.0150. The van der Waals surface area contributed by atoms with Crippen LogP contribution >= 0.6 is 0 Å². The first kappa shape index (κ1) is 34.5. The van der Waals surface area contributed by atoms with Gasteiger partial charge in [0.05, 0.1) is 23.0 Å². The lowest BCUT2D eigenvalue weighted by molar-refractivity contribution is -0.384. The molecule has 1 aliphatic carbocycles. The molecule has 2 aliphatic heterocycles. The number of non-ortho nitro benzene ring substituents is 1. The van der Waals surface area contributed by atoms with Crippen molar-refractivity contribution in [2.45, 2.75) is 123 Å². The van der Waals surface area contributed by atoms with E-state index in [9.17, 15) is 19.7 Å². The van der Waals surface area contributed by atoms with Gasteiger partial charge in [-0.25, -0.2) is 4.79 Å². The van der Waals surface area contributed by atoms with E-state index >= 15 is 0 Å². The molecule has 4 rings (SSSR count). The van der Waals surface area contributed by atoms with Gasteiger partial charge in [-0.05, 0) is 79.3 Å². The number of hydrogen-bond acceptors (Lipinski definition) is 7. The van der Waals surface area contributed by atoms with E-state index < -0.39 is 27.5 Å². The quantitative estimate of drug-likeness (QED) is 0.0716. The molecule has 0 aromatic heterocycles. The summed E-state index contributed by atoms with van der Waals surface area (Å²) in [4.78, 5) is 40.2. The van der Waals surface area contributed by atoms with Crippen LogP contribution in [-0.2, 0) is 29.8 Å². The van der Waals surface area contributed by atoms with E-state index in [1.807, 2.05) is 6.92 Å². The van der Waals surface area contributed by atoms with E-state index in [0.717, 1.165) is 43.0 Å². The minimum atomic E-state index is -2.12. The Morgan fingerprint density at radius 1 is 1.09 bits per heavy atom. The Kier molecular flexibility index (Phi) is 10.3. The van der Waals surface area contributed by atoms with Crippen LogP contribution in [0.3, 0.4) is 0 Å². The molecule has 1 saturated carbocycles. The predicted molar refractivity (Wildman–Crippen MR) is 176 cm³/mol. The minimum Gasteiger partial charge on any atom is -0.456 e. The molecule has 0 radical (unpaired) electrons. The summed E-state index contributed by atoms with van der Waals surface area (Å²) in [5.74, 6) is -0.743. The second kappa shape index (κ2) is 13.2. The van der Waals surface area contributed by atoms with E-state index in [-0.39, 0.29) is 53.1 Å². The number of carbonyl (C=O) groups excluding carboxylic acids is 2. The van der Waals surface area contributed by atoms with Gasteiger partial charge in [0.1, 0.15) is 12.3 Å². The van der Waals surface area contributed by atoms with Gasteiger partial charge in [0.15, 0.2) is 16.6 Å². The van der Waals surface area contributed by atoms with Crippen molar-refractivity contribution >= 4 is 34.2 Å². The Labute approximate surface area is 265 Å². The van der Waals surface area contributed by atoms with Crippen molar-refractivity contribution in [2.75, 3.05) is 6.61 Å². The van der Waals surface area contributed by atoms with Gasteiger partial charge in [0, 0.05) is 30.6 Å². The smallest absolute Gasteiger partial charge is 0.355 e. The Bertz CT molecular complexity index is 1260. The molecule has 0 spiro atoms. The predicted octanol–water partition coefficient (Wildman–Crippen LogP) is 7.58. The molecule has 3 aliphatic rings. The van der Waals surface area contributed by atoms with E-state index in [1.54, 1.807) is 17.0 Å². The number of benzene rings is 1. The van der Waals surface area contributed by atoms with Gasteiger partial charge in [0.25, 0.3) is 5.69 Å². The fourth-order valence-electron chi connectivity index (χ4n) is 7.13. The zero-order chi connectivity index (χ0) is 32.6. The van der Waals surface area contributed by atoms with Crippen LogP contribution in [0.15, 0.2) is 35.5 Å². The van der Waals surface area contributed by atoms with E-state index in [2.05, 4.69) is 54.6 Å². The van der Waals surface area contributed by atoms with Crippen LogP contribution in [0.1, 0.15) is 73.3 Å². The molecule has 2 fully saturated rings. The molecule has 0 bridgehead atoms. The summed E-state index contributed by atoms with van der Waals surface area (Å²) in [6.45, 7) is 20.3. The van der Waals surface area contributed by atoms with Crippen molar-refractivity contribution in [3.8, 4) is 0 Å². The first-order valence-electron chi connectivity index (χ1n) is 16.4. The monoisotopic (exact) mass is 644 g/mol. The highest BCUT2D eigenvalue weighted by Crippen LogP contribution is 2.55. The van der Waals surface area contributed by atoms with Crippen LogP contribution in [0.5, 0.6) is 0 Å². The fourth-order valence-corrected chi connectivity index (χ4v) is 11.2. The number of β-lactam (4-membered cyclic amide) rings is 1. The molecule has 5 atom stereocenters. The molecule has 1 aromatic rings. The van der Waals surface area contributed by atoms with Crippen LogP contribution in [0.25, 0.3) is 0 Å². The number of rotatable bonds is 13. The van der Waals surface area contributed by atoms with Crippen molar-refractivity contribution in [3.05, 3.63) is 51.2 Å². The van der Waals surface area contributed by atoms with Crippen LogP contribution in [0.2, 0.25) is 36.3 Å². The summed E-state index contributed by atoms with van der Waals surface area (Å²) in [6.07, 6.45) is 2.61. The van der Waals surface area contributed by atoms with Crippen molar-refractivity contribution in [1.29, 1.82) is 0 Å². The third-order valence-corrected chi connectivity index (χ3v) is 20.3. The first-order valence-corrected chi connectivity index (χ1v) is 21.8. The number of ether oxygens (including phenoxy) is 1.